The van der Waals surface area contributed by atoms with Crippen LogP contribution in [0.25, 0.3) is 0 Å². The molecule has 0 radical (unpaired) electrons. The van der Waals surface area contributed by atoms with E-state index in [2.05, 4.69) is 34.6 Å². The fourth-order valence-electron chi connectivity index (χ4n) is 1.63. The number of hydrogen-bond acceptors (Lipinski definition) is 1. The monoisotopic (exact) mass is 198 g/mol. The van der Waals surface area contributed by atoms with Crippen LogP contribution in [-0.2, 0) is 4.65 Å². The molecule has 84 valence electrons. The second-order valence-electron chi connectivity index (χ2n) is 5.14. The molecule has 0 amide bonds. The summed E-state index contributed by atoms with van der Waals surface area (Å²) in [6.45, 7) is 11.4. The Labute approximate surface area is 90.7 Å². The maximum atomic E-state index is 6.04. The van der Waals surface area contributed by atoms with Crippen molar-refractivity contribution < 1.29 is 4.65 Å². The predicted molar refractivity (Wildman–Crippen MR) is 66.0 cm³/mol. The van der Waals surface area contributed by atoms with Gasteiger partial charge in [0.15, 0.2) is 0 Å². The molecule has 0 spiro atoms. The first-order valence-electron chi connectivity index (χ1n) is 6.17. The van der Waals surface area contributed by atoms with Crippen LogP contribution >= 0.6 is 0 Å². The van der Waals surface area contributed by atoms with E-state index in [0.717, 1.165) is 0 Å². The molecule has 0 aliphatic heterocycles. The average Bonchev–Trinajstić information content (AvgIpc) is 2.07. The molecule has 0 aromatic carbocycles. The van der Waals surface area contributed by atoms with Crippen molar-refractivity contribution in [3.63, 3.8) is 0 Å². The lowest BCUT2D eigenvalue weighted by atomic mass is 9.59. The summed E-state index contributed by atoms with van der Waals surface area (Å²) in [4.78, 5) is 0. The zero-order valence-electron chi connectivity index (χ0n) is 10.7. The summed E-state index contributed by atoms with van der Waals surface area (Å²) in [6.07, 6.45) is 7.60. The molecule has 0 aromatic heterocycles. The van der Waals surface area contributed by atoms with E-state index < -0.39 is 0 Å². The van der Waals surface area contributed by atoms with Crippen LogP contribution in [0.15, 0.2) is 0 Å². The molecule has 0 N–H and O–H groups in total. The molecule has 2 heteroatoms. The van der Waals surface area contributed by atoms with Crippen LogP contribution in [0.3, 0.4) is 0 Å². The molecule has 0 saturated heterocycles. The molecule has 0 saturated carbocycles. The van der Waals surface area contributed by atoms with Crippen LogP contribution in [0.1, 0.15) is 60.3 Å². The van der Waals surface area contributed by atoms with E-state index in [9.17, 15) is 0 Å². The molecule has 0 fully saturated rings. The summed E-state index contributed by atoms with van der Waals surface area (Å²) in [5.41, 5.74) is 0.0200. The fraction of sp³-hybridized carbons (Fsp3) is 1.00. The van der Waals surface area contributed by atoms with Gasteiger partial charge < -0.3 is 4.65 Å². The van der Waals surface area contributed by atoms with Crippen LogP contribution in [0, 0.1) is 0 Å². The van der Waals surface area contributed by atoms with Gasteiger partial charge >= 0.3 is 0 Å². The van der Waals surface area contributed by atoms with Gasteiger partial charge in [-0.1, -0.05) is 39.5 Å². The summed E-state index contributed by atoms with van der Waals surface area (Å²) in [7, 11) is 0. The second kappa shape index (κ2) is 7.33. The molecule has 0 aliphatic rings. The lowest BCUT2D eigenvalue weighted by molar-refractivity contribution is 0.127. The molecule has 14 heavy (non-hydrogen) atoms. The van der Waals surface area contributed by atoms with E-state index in [0.29, 0.717) is 6.92 Å². The predicted octanol–water partition coefficient (Wildman–Crippen LogP) is 4.39. The largest absolute Gasteiger partial charge is 0.432 e. The molecule has 0 rings (SSSR count). The Hall–Kier alpha value is 0.0249. The standard InChI is InChI=1S/C12H27BO/c1-6-8-10-13(11-9-7-2)14-12(3,4)5/h6-11H2,1-5H3. The zero-order valence-corrected chi connectivity index (χ0v) is 10.7. The molecule has 0 aromatic rings. The molecular weight excluding hydrogens is 171 g/mol. The minimum atomic E-state index is 0.0200. The third-order valence-electron chi connectivity index (χ3n) is 2.28. The molecule has 0 atom stereocenters. The zero-order chi connectivity index (χ0) is 11.0. The second-order valence-corrected chi connectivity index (χ2v) is 5.14. The molecule has 0 bridgehead atoms. The third-order valence-corrected chi connectivity index (χ3v) is 2.28. The summed E-state index contributed by atoms with van der Waals surface area (Å²) in [5, 5.41) is 0. The Bertz CT molecular complexity index is 121. The van der Waals surface area contributed by atoms with Gasteiger partial charge in [0, 0.05) is 5.60 Å². The Balaban J connectivity index is 3.84. The maximum absolute atomic E-state index is 6.04. The van der Waals surface area contributed by atoms with Gasteiger partial charge in [-0.15, -0.1) is 0 Å². The first kappa shape index (κ1) is 14.0. The first-order chi connectivity index (χ1) is 6.49. The van der Waals surface area contributed by atoms with E-state index in [1.165, 1.54) is 38.3 Å². The van der Waals surface area contributed by atoms with Gasteiger partial charge in [0.1, 0.15) is 0 Å². The van der Waals surface area contributed by atoms with Crippen molar-refractivity contribution in [3.05, 3.63) is 0 Å². The van der Waals surface area contributed by atoms with Crippen LogP contribution in [0.4, 0.5) is 0 Å². The molecule has 0 heterocycles. The van der Waals surface area contributed by atoms with Crippen molar-refractivity contribution in [3.8, 4) is 0 Å². The van der Waals surface area contributed by atoms with Crippen molar-refractivity contribution in [2.24, 2.45) is 0 Å². The Kier molecular flexibility index (Phi) is 7.35. The number of hydrogen-bond donors (Lipinski definition) is 0. The molecular formula is C12H27BO. The van der Waals surface area contributed by atoms with Crippen LogP contribution < -0.4 is 0 Å². The Morgan fingerprint density at radius 3 is 1.64 bits per heavy atom. The van der Waals surface area contributed by atoms with E-state index >= 15 is 0 Å². The van der Waals surface area contributed by atoms with Crippen LogP contribution in [-0.4, -0.2) is 12.5 Å². The number of rotatable bonds is 7. The van der Waals surface area contributed by atoms with Crippen molar-refractivity contribution in [2.75, 3.05) is 0 Å². The van der Waals surface area contributed by atoms with E-state index in [-0.39, 0.29) is 5.60 Å². The van der Waals surface area contributed by atoms with Crippen LogP contribution in [0.5, 0.6) is 0 Å². The van der Waals surface area contributed by atoms with Gasteiger partial charge in [-0.05, 0) is 33.4 Å². The summed E-state index contributed by atoms with van der Waals surface area (Å²) >= 11 is 0. The highest BCUT2D eigenvalue weighted by molar-refractivity contribution is 6.51. The summed E-state index contributed by atoms with van der Waals surface area (Å²) in [5.74, 6) is 0. The van der Waals surface area contributed by atoms with Gasteiger partial charge in [-0.25, -0.2) is 0 Å². The number of unbranched alkanes of at least 4 members (excludes halogenated alkanes) is 2. The summed E-state index contributed by atoms with van der Waals surface area (Å²) in [6, 6.07) is 0. The third kappa shape index (κ3) is 8.62. The van der Waals surface area contributed by atoms with Crippen molar-refractivity contribution in [2.45, 2.75) is 78.5 Å². The lowest BCUT2D eigenvalue weighted by Gasteiger charge is -2.26. The van der Waals surface area contributed by atoms with Gasteiger partial charge in [-0.2, -0.15) is 0 Å². The quantitative estimate of drug-likeness (QED) is 0.551. The highest BCUT2D eigenvalue weighted by Crippen LogP contribution is 2.17. The molecule has 0 aliphatic carbocycles. The lowest BCUT2D eigenvalue weighted by Crippen LogP contribution is -2.30. The normalized spacial score (nSPS) is 11.8. The van der Waals surface area contributed by atoms with Gasteiger partial charge in [-0.3, -0.25) is 0 Å². The molecule has 1 nitrogen and oxygen atoms in total. The Morgan fingerprint density at radius 2 is 1.36 bits per heavy atom. The van der Waals surface area contributed by atoms with Crippen molar-refractivity contribution in [1.29, 1.82) is 0 Å². The Morgan fingerprint density at radius 1 is 0.929 bits per heavy atom. The average molecular weight is 198 g/mol. The van der Waals surface area contributed by atoms with Crippen LogP contribution in [0.2, 0.25) is 12.6 Å². The van der Waals surface area contributed by atoms with Crippen molar-refractivity contribution >= 4 is 6.92 Å². The smallest absolute Gasteiger partial charge is 0.293 e. The first-order valence-corrected chi connectivity index (χ1v) is 6.17. The SMILES string of the molecule is CCCCB(CCCC)OC(C)(C)C. The minimum Gasteiger partial charge on any atom is -0.432 e. The maximum Gasteiger partial charge on any atom is 0.293 e. The fourth-order valence-corrected chi connectivity index (χ4v) is 1.63. The van der Waals surface area contributed by atoms with Gasteiger partial charge in [0.05, 0.1) is 0 Å². The van der Waals surface area contributed by atoms with E-state index in [1.807, 2.05) is 0 Å². The molecule has 0 unspecified atom stereocenters. The highest BCUT2D eigenvalue weighted by Gasteiger charge is 2.21. The van der Waals surface area contributed by atoms with Crippen molar-refractivity contribution in [1.82, 2.24) is 0 Å². The van der Waals surface area contributed by atoms with E-state index in [1.54, 1.807) is 0 Å². The minimum absolute atomic E-state index is 0.0200. The summed E-state index contributed by atoms with van der Waals surface area (Å²) < 4.78 is 6.04. The highest BCUT2D eigenvalue weighted by atomic mass is 16.5. The van der Waals surface area contributed by atoms with E-state index in [4.69, 9.17) is 4.65 Å². The van der Waals surface area contributed by atoms with Gasteiger partial charge in [0.2, 0.25) is 0 Å². The topological polar surface area (TPSA) is 9.23 Å². The van der Waals surface area contributed by atoms with Gasteiger partial charge in [0.25, 0.3) is 6.92 Å².